The average molecular weight is 309 g/mol. The van der Waals surface area contributed by atoms with Crippen LogP contribution in [0.5, 0.6) is 0 Å². The van der Waals surface area contributed by atoms with Crippen molar-refractivity contribution in [3.63, 3.8) is 0 Å². The number of aryl methyl sites for hydroxylation is 1. The normalized spacial score (nSPS) is 10.3. The number of benzene rings is 1. The summed E-state index contributed by atoms with van der Waals surface area (Å²) in [6, 6.07) is 9.12. The monoisotopic (exact) mass is 308 g/mol. The van der Waals surface area contributed by atoms with Crippen LogP contribution in [-0.4, -0.2) is 21.6 Å². The summed E-state index contributed by atoms with van der Waals surface area (Å²) in [5, 5.41) is 1.39. The number of amides is 1. The molecule has 7 heteroatoms. The van der Waals surface area contributed by atoms with E-state index in [1.165, 1.54) is 11.8 Å². The zero-order valence-corrected chi connectivity index (χ0v) is 12.3. The van der Waals surface area contributed by atoms with Gasteiger partial charge in [-0.05, 0) is 37.3 Å². The molecule has 1 aromatic carbocycles. The second-order valence-corrected chi connectivity index (χ2v) is 5.47. The molecule has 0 fully saturated rings. The average Bonchev–Trinajstić information content (AvgIpc) is 2.45. The first-order valence-electron chi connectivity index (χ1n) is 5.82. The number of aromatic nitrogens is 2. The predicted molar refractivity (Wildman–Crippen MR) is 80.3 cm³/mol. The number of hydrogen-bond donors (Lipinski definition) is 2. The molecule has 1 amide bonds. The van der Waals surface area contributed by atoms with Crippen LogP contribution in [0.2, 0.25) is 5.02 Å². The van der Waals surface area contributed by atoms with Gasteiger partial charge in [0.1, 0.15) is 5.03 Å². The van der Waals surface area contributed by atoms with E-state index in [0.717, 1.165) is 16.3 Å². The van der Waals surface area contributed by atoms with Gasteiger partial charge in [-0.3, -0.25) is 10.2 Å². The Morgan fingerprint density at radius 2 is 2.05 bits per heavy atom. The van der Waals surface area contributed by atoms with E-state index in [0.29, 0.717) is 10.8 Å². The topological polar surface area (TPSA) is 80.9 Å². The third-order valence-electron chi connectivity index (χ3n) is 2.45. The molecule has 1 heterocycles. The van der Waals surface area contributed by atoms with Crippen molar-refractivity contribution in [1.29, 1.82) is 0 Å². The molecular weight excluding hydrogens is 296 g/mol. The minimum absolute atomic E-state index is 0.215. The maximum Gasteiger partial charge on any atom is 0.244 e. The minimum Gasteiger partial charge on any atom is -0.294 e. The lowest BCUT2D eigenvalue weighted by molar-refractivity contribution is -0.118. The molecule has 0 spiro atoms. The van der Waals surface area contributed by atoms with Crippen molar-refractivity contribution < 1.29 is 4.79 Å². The maximum atomic E-state index is 11.1. The highest BCUT2D eigenvalue weighted by Gasteiger charge is 2.07. The summed E-state index contributed by atoms with van der Waals surface area (Å²) < 4.78 is 0. The van der Waals surface area contributed by atoms with Gasteiger partial charge in [0.05, 0.1) is 5.75 Å². The molecule has 0 aliphatic carbocycles. The molecule has 0 aliphatic heterocycles. The third-order valence-corrected chi connectivity index (χ3v) is 3.61. The van der Waals surface area contributed by atoms with Gasteiger partial charge in [0.25, 0.3) is 0 Å². The zero-order valence-electron chi connectivity index (χ0n) is 10.8. The largest absolute Gasteiger partial charge is 0.294 e. The molecule has 0 radical (unpaired) electrons. The van der Waals surface area contributed by atoms with E-state index in [9.17, 15) is 4.79 Å². The SMILES string of the molecule is Cc1cc(SCC(=O)NN)nc(-c2ccc(Cl)cc2)n1. The maximum absolute atomic E-state index is 11.1. The van der Waals surface area contributed by atoms with E-state index in [1.54, 1.807) is 12.1 Å². The molecule has 0 saturated heterocycles. The molecule has 0 aliphatic rings. The molecule has 3 N–H and O–H groups in total. The molecule has 20 heavy (non-hydrogen) atoms. The fourth-order valence-corrected chi connectivity index (χ4v) is 2.42. The second kappa shape index (κ2) is 6.69. The third kappa shape index (κ3) is 3.93. The van der Waals surface area contributed by atoms with Gasteiger partial charge < -0.3 is 0 Å². The van der Waals surface area contributed by atoms with E-state index in [4.69, 9.17) is 17.4 Å². The van der Waals surface area contributed by atoms with Crippen LogP contribution in [0.15, 0.2) is 35.4 Å². The Kier molecular flexibility index (Phi) is 4.94. The van der Waals surface area contributed by atoms with Gasteiger partial charge in [-0.2, -0.15) is 0 Å². The Hall–Kier alpha value is -1.63. The number of carbonyl (C=O) groups excluding carboxylic acids is 1. The lowest BCUT2D eigenvalue weighted by atomic mass is 10.2. The van der Waals surface area contributed by atoms with Gasteiger partial charge in [0, 0.05) is 16.3 Å². The summed E-state index contributed by atoms with van der Waals surface area (Å²) in [5.41, 5.74) is 3.80. The summed E-state index contributed by atoms with van der Waals surface area (Å²) in [5.74, 6) is 5.62. The molecule has 0 saturated carbocycles. The molecular formula is C13H13ClN4OS. The molecule has 1 aromatic heterocycles. The number of nitrogens with two attached hydrogens (primary N) is 1. The van der Waals surface area contributed by atoms with Crippen LogP contribution >= 0.6 is 23.4 Å². The summed E-state index contributed by atoms with van der Waals surface area (Å²) in [6.45, 7) is 1.88. The van der Waals surface area contributed by atoms with Crippen molar-refractivity contribution in [2.75, 3.05) is 5.75 Å². The van der Waals surface area contributed by atoms with Gasteiger partial charge >= 0.3 is 0 Å². The number of nitrogens with one attached hydrogen (secondary N) is 1. The quantitative estimate of drug-likeness (QED) is 0.297. The Bertz CT molecular complexity index is 618. The first kappa shape index (κ1) is 14.8. The first-order chi connectivity index (χ1) is 9.58. The predicted octanol–water partition coefficient (Wildman–Crippen LogP) is 2.19. The van der Waals surface area contributed by atoms with Crippen LogP contribution in [0.4, 0.5) is 0 Å². The van der Waals surface area contributed by atoms with E-state index in [1.807, 2.05) is 25.1 Å². The lowest BCUT2D eigenvalue weighted by Gasteiger charge is -2.06. The van der Waals surface area contributed by atoms with Crippen molar-refractivity contribution in [2.45, 2.75) is 11.9 Å². The summed E-state index contributed by atoms with van der Waals surface area (Å²) in [7, 11) is 0. The number of halogens is 1. The highest BCUT2D eigenvalue weighted by atomic mass is 35.5. The van der Waals surface area contributed by atoms with E-state index in [2.05, 4.69) is 15.4 Å². The van der Waals surface area contributed by atoms with Crippen LogP contribution in [0, 0.1) is 6.92 Å². The molecule has 0 unspecified atom stereocenters. The minimum atomic E-state index is -0.251. The first-order valence-corrected chi connectivity index (χ1v) is 7.18. The lowest BCUT2D eigenvalue weighted by Crippen LogP contribution is -2.31. The number of carbonyl (C=O) groups is 1. The smallest absolute Gasteiger partial charge is 0.244 e. The molecule has 0 atom stereocenters. The highest BCUT2D eigenvalue weighted by Crippen LogP contribution is 2.22. The molecule has 104 valence electrons. The molecule has 5 nitrogen and oxygen atoms in total. The van der Waals surface area contributed by atoms with Gasteiger partial charge in [-0.15, -0.1) is 0 Å². The Labute approximate surface area is 125 Å². The van der Waals surface area contributed by atoms with Crippen molar-refractivity contribution in [2.24, 2.45) is 5.84 Å². The van der Waals surface area contributed by atoms with Crippen LogP contribution < -0.4 is 11.3 Å². The van der Waals surface area contributed by atoms with E-state index < -0.39 is 0 Å². The van der Waals surface area contributed by atoms with Crippen molar-refractivity contribution in [3.8, 4) is 11.4 Å². The van der Waals surface area contributed by atoms with Gasteiger partial charge in [-0.1, -0.05) is 23.4 Å². The van der Waals surface area contributed by atoms with Crippen molar-refractivity contribution >= 4 is 29.3 Å². The molecule has 2 aromatic rings. The standard InChI is InChI=1S/C13H13ClN4OS/c1-8-6-12(20-7-11(19)18-15)17-13(16-8)9-2-4-10(14)5-3-9/h2-6H,7,15H2,1H3,(H,18,19). The molecule has 0 bridgehead atoms. The highest BCUT2D eigenvalue weighted by molar-refractivity contribution is 7.99. The number of thioether (sulfide) groups is 1. The summed E-state index contributed by atoms with van der Waals surface area (Å²) in [6.07, 6.45) is 0. The Morgan fingerprint density at radius 3 is 2.70 bits per heavy atom. The van der Waals surface area contributed by atoms with E-state index >= 15 is 0 Å². The number of rotatable bonds is 4. The van der Waals surface area contributed by atoms with Gasteiger partial charge in [0.15, 0.2) is 5.82 Å². The second-order valence-electron chi connectivity index (χ2n) is 4.03. The Morgan fingerprint density at radius 1 is 1.35 bits per heavy atom. The summed E-state index contributed by atoms with van der Waals surface area (Å²) >= 11 is 7.17. The number of nitrogens with zero attached hydrogens (tertiary/aromatic N) is 2. The van der Waals surface area contributed by atoms with Crippen molar-refractivity contribution in [1.82, 2.24) is 15.4 Å². The number of hydrogen-bond acceptors (Lipinski definition) is 5. The van der Waals surface area contributed by atoms with Crippen LogP contribution in [0.25, 0.3) is 11.4 Å². The van der Waals surface area contributed by atoms with Crippen LogP contribution in [-0.2, 0) is 4.79 Å². The van der Waals surface area contributed by atoms with Crippen LogP contribution in [0.3, 0.4) is 0 Å². The molecule has 2 rings (SSSR count). The van der Waals surface area contributed by atoms with Gasteiger partial charge in [-0.25, -0.2) is 15.8 Å². The van der Waals surface area contributed by atoms with E-state index in [-0.39, 0.29) is 11.7 Å². The fourth-order valence-electron chi connectivity index (χ4n) is 1.52. The Balaban J connectivity index is 2.24. The van der Waals surface area contributed by atoms with Gasteiger partial charge in [0.2, 0.25) is 5.91 Å². The zero-order chi connectivity index (χ0) is 14.5. The fraction of sp³-hybridized carbons (Fsp3) is 0.154. The number of hydrazine groups is 1. The van der Waals surface area contributed by atoms with Crippen LogP contribution in [0.1, 0.15) is 5.69 Å². The van der Waals surface area contributed by atoms with Crippen molar-refractivity contribution in [3.05, 3.63) is 41.0 Å². The summed E-state index contributed by atoms with van der Waals surface area (Å²) in [4.78, 5) is 20.0.